The van der Waals surface area contributed by atoms with E-state index in [2.05, 4.69) is 19.5 Å². The minimum absolute atomic E-state index is 0.169. The second kappa shape index (κ2) is 15.9. The number of aliphatic hydroxyl groups excluding tert-OH is 5. The maximum absolute atomic E-state index is 11.8. The maximum Gasteiger partial charge on any atom is 0.397 e. The molecule has 0 aliphatic carbocycles. The minimum atomic E-state index is -4.93. The van der Waals surface area contributed by atoms with Crippen LogP contribution in [0.25, 0.3) is 10.4 Å². The molecule has 0 aromatic heterocycles. The number of rotatable bonds is 15. The van der Waals surface area contributed by atoms with E-state index in [1.54, 1.807) is 0 Å². The summed E-state index contributed by atoms with van der Waals surface area (Å²) in [6.45, 7) is 0.0721. The maximum atomic E-state index is 11.8. The Labute approximate surface area is 224 Å². The number of nitrogens with one attached hydrogen (secondary N) is 1. The van der Waals surface area contributed by atoms with E-state index < -0.39 is 90.9 Å². The van der Waals surface area contributed by atoms with Gasteiger partial charge in [0.25, 0.3) is 0 Å². The third-order valence-corrected chi connectivity index (χ3v) is 6.50. The Kier molecular flexibility index (Phi) is 13.7. The zero-order valence-electron chi connectivity index (χ0n) is 21.1. The molecule has 0 aromatic rings. The molecular weight excluding hydrogens is 552 g/mol. The summed E-state index contributed by atoms with van der Waals surface area (Å²) in [4.78, 5) is 14.5. The number of azide groups is 1. The molecule has 2 aliphatic heterocycles. The summed E-state index contributed by atoms with van der Waals surface area (Å²) in [6.07, 6.45) is -11.8. The lowest BCUT2D eigenvalue weighted by molar-refractivity contribution is -0.347. The van der Waals surface area contributed by atoms with Crippen molar-refractivity contribution in [3.63, 3.8) is 0 Å². The molecule has 2 rings (SSSR count). The first-order valence-corrected chi connectivity index (χ1v) is 13.6. The van der Waals surface area contributed by atoms with Crippen molar-refractivity contribution in [3.05, 3.63) is 10.4 Å². The number of amides is 1. The summed E-state index contributed by atoms with van der Waals surface area (Å²) >= 11 is 0. The van der Waals surface area contributed by atoms with Crippen molar-refractivity contribution in [2.45, 2.75) is 94.0 Å². The van der Waals surface area contributed by atoms with E-state index in [1.165, 1.54) is 6.92 Å². The lowest BCUT2D eigenvalue weighted by Gasteiger charge is -2.47. The summed E-state index contributed by atoms with van der Waals surface area (Å²) in [5, 5.41) is 57.5. The molecule has 39 heavy (non-hydrogen) atoms. The second-order valence-corrected chi connectivity index (χ2v) is 10.1. The Morgan fingerprint density at radius 3 is 2.28 bits per heavy atom. The standard InChI is InChI=1S/C20H36N4O14S/c1-10(26)23-13-15(28)18(11(8-25)36-19(13)34-7-5-3-2-4-6-22-24-21)38-20-17(30)16(29)14(27)12(37-20)9-35-39(31,32)33/h11-20,25,27-30H,2-9H2,1H3,(H,23,26)(H,31,32,33)/t11-,12-,13-,14+,15-,16+,17-,18-,19-,20+/m1/s1. The topological polar surface area (TPSA) is 280 Å². The van der Waals surface area contributed by atoms with Gasteiger partial charge in [0.15, 0.2) is 12.6 Å². The van der Waals surface area contributed by atoms with E-state index in [0.717, 1.165) is 12.8 Å². The molecule has 18 nitrogen and oxygen atoms in total. The molecule has 2 heterocycles. The number of carbonyl (C=O) groups excluding carboxylic acids is 1. The Bertz CT molecular complexity index is 922. The quantitative estimate of drug-likeness (QED) is 0.0341. The number of unbranched alkanes of at least 4 members (excludes halogenated alkanes) is 3. The van der Waals surface area contributed by atoms with Crippen LogP contribution in [0.5, 0.6) is 0 Å². The van der Waals surface area contributed by atoms with Gasteiger partial charge in [-0.25, -0.2) is 4.18 Å². The van der Waals surface area contributed by atoms with E-state index in [1.807, 2.05) is 0 Å². The van der Waals surface area contributed by atoms with Crippen molar-refractivity contribution in [1.29, 1.82) is 0 Å². The smallest absolute Gasteiger partial charge is 0.394 e. The molecule has 19 heteroatoms. The van der Waals surface area contributed by atoms with Gasteiger partial charge in [0.2, 0.25) is 5.91 Å². The highest BCUT2D eigenvalue weighted by Gasteiger charge is 2.51. The monoisotopic (exact) mass is 588 g/mol. The average molecular weight is 589 g/mol. The molecule has 10 atom stereocenters. The Balaban J connectivity index is 2.07. The summed E-state index contributed by atoms with van der Waals surface area (Å²) in [6, 6.07) is -1.20. The largest absolute Gasteiger partial charge is 0.397 e. The third kappa shape index (κ3) is 10.3. The van der Waals surface area contributed by atoms with E-state index in [0.29, 0.717) is 19.4 Å². The Morgan fingerprint density at radius 1 is 1.00 bits per heavy atom. The molecule has 0 unspecified atom stereocenters. The van der Waals surface area contributed by atoms with Crippen LogP contribution in [0, 0.1) is 0 Å². The van der Waals surface area contributed by atoms with Crippen molar-refractivity contribution in [2.75, 3.05) is 26.4 Å². The lowest BCUT2D eigenvalue weighted by atomic mass is 9.95. The highest BCUT2D eigenvalue weighted by atomic mass is 32.3. The number of nitrogens with zero attached hydrogens (tertiary/aromatic N) is 3. The van der Waals surface area contributed by atoms with Crippen LogP contribution in [0.4, 0.5) is 0 Å². The number of hydrogen-bond donors (Lipinski definition) is 7. The summed E-state index contributed by atoms with van der Waals surface area (Å²) < 4.78 is 57.1. The first kappa shape index (κ1) is 33.5. The highest BCUT2D eigenvalue weighted by Crippen LogP contribution is 2.30. The fourth-order valence-corrected chi connectivity index (χ4v) is 4.43. The van der Waals surface area contributed by atoms with Gasteiger partial charge in [0.05, 0.1) is 13.2 Å². The van der Waals surface area contributed by atoms with Crippen LogP contribution >= 0.6 is 0 Å². The number of carbonyl (C=O) groups is 1. The normalized spacial score (nSPS) is 35.3. The molecule has 2 aliphatic rings. The first-order chi connectivity index (χ1) is 18.4. The predicted molar refractivity (Wildman–Crippen MR) is 127 cm³/mol. The molecule has 0 aromatic carbocycles. The van der Waals surface area contributed by atoms with Crippen molar-refractivity contribution in [1.82, 2.24) is 5.32 Å². The van der Waals surface area contributed by atoms with Crippen LogP contribution < -0.4 is 5.32 Å². The van der Waals surface area contributed by atoms with Crippen molar-refractivity contribution >= 4 is 16.3 Å². The third-order valence-electron chi connectivity index (χ3n) is 6.06. The van der Waals surface area contributed by atoms with E-state index in [4.69, 9.17) is 29.0 Å². The Hall–Kier alpha value is -1.71. The van der Waals surface area contributed by atoms with E-state index >= 15 is 0 Å². The number of aliphatic hydroxyl groups is 5. The van der Waals surface area contributed by atoms with Gasteiger partial charge in [0.1, 0.15) is 48.8 Å². The second-order valence-electron chi connectivity index (χ2n) is 9.01. The summed E-state index contributed by atoms with van der Waals surface area (Å²) in [7, 11) is -4.93. The molecule has 2 fully saturated rings. The predicted octanol–water partition coefficient (Wildman–Crippen LogP) is -2.53. The van der Waals surface area contributed by atoms with E-state index in [9.17, 15) is 38.7 Å². The van der Waals surface area contributed by atoms with Gasteiger partial charge in [-0.3, -0.25) is 9.35 Å². The molecule has 0 bridgehead atoms. The van der Waals surface area contributed by atoms with Crippen LogP contribution in [0.2, 0.25) is 0 Å². The SMILES string of the molecule is CC(=O)N[C@H]1[C@H](OCCCCCCN=[N+]=[N-])O[C@H](CO)[C@@H](O[C@@H]2O[C@H](COS(=O)(=O)O)[C@H](O)[C@H](O)[C@H]2O)[C@@H]1O. The summed E-state index contributed by atoms with van der Waals surface area (Å²) in [5.41, 5.74) is 8.28. The zero-order chi connectivity index (χ0) is 29.2. The van der Waals surface area contributed by atoms with Crippen LogP contribution in [0.15, 0.2) is 5.11 Å². The minimum Gasteiger partial charge on any atom is -0.394 e. The fourth-order valence-electron chi connectivity index (χ4n) is 4.12. The zero-order valence-corrected chi connectivity index (χ0v) is 21.9. The molecular formula is C20H36N4O14S. The molecule has 7 N–H and O–H groups in total. The molecule has 0 saturated carbocycles. The van der Waals surface area contributed by atoms with Gasteiger partial charge < -0.3 is 49.8 Å². The molecule has 0 spiro atoms. The van der Waals surface area contributed by atoms with Crippen LogP contribution in [0.1, 0.15) is 32.6 Å². The first-order valence-electron chi connectivity index (χ1n) is 12.2. The number of ether oxygens (including phenoxy) is 4. The van der Waals surface area contributed by atoms with Crippen molar-refractivity contribution in [2.24, 2.45) is 5.11 Å². The van der Waals surface area contributed by atoms with Gasteiger partial charge in [-0.1, -0.05) is 18.0 Å². The molecule has 226 valence electrons. The van der Waals surface area contributed by atoms with Crippen molar-refractivity contribution in [3.8, 4) is 0 Å². The van der Waals surface area contributed by atoms with Gasteiger partial charge in [-0.15, -0.1) is 0 Å². The lowest BCUT2D eigenvalue weighted by Crippen LogP contribution is -2.67. The van der Waals surface area contributed by atoms with Crippen LogP contribution in [-0.2, 0) is 38.3 Å². The summed E-state index contributed by atoms with van der Waals surface area (Å²) in [5.74, 6) is -0.551. The molecule has 2 saturated heterocycles. The number of hydrogen-bond acceptors (Lipinski definition) is 14. The fraction of sp³-hybridized carbons (Fsp3) is 0.950. The van der Waals surface area contributed by atoms with Crippen LogP contribution in [-0.4, -0.2) is 132 Å². The van der Waals surface area contributed by atoms with Crippen molar-refractivity contribution < 1.29 is 66.4 Å². The van der Waals surface area contributed by atoms with E-state index in [-0.39, 0.29) is 6.61 Å². The Morgan fingerprint density at radius 2 is 1.67 bits per heavy atom. The van der Waals surface area contributed by atoms with Gasteiger partial charge >= 0.3 is 10.4 Å². The van der Waals surface area contributed by atoms with Gasteiger partial charge in [0, 0.05) is 25.0 Å². The molecule has 1 amide bonds. The van der Waals surface area contributed by atoms with Gasteiger partial charge in [-0.2, -0.15) is 8.42 Å². The highest BCUT2D eigenvalue weighted by molar-refractivity contribution is 7.80. The van der Waals surface area contributed by atoms with Gasteiger partial charge in [-0.05, 0) is 18.4 Å². The molecule has 0 radical (unpaired) electrons. The van der Waals surface area contributed by atoms with Crippen LogP contribution in [0.3, 0.4) is 0 Å². The average Bonchev–Trinajstić information content (AvgIpc) is 2.87.